The van der Waals surface area contributed by atoms with E-state index in [9.17, 15) is 9.18 Å². The van der Waals surface area contributed by atoms with Gasteiger partial charge in [-0.15, -0.1) is 0 Å². The summed E-state index contributed by atoms with van der Waals surface area (Å²) >= 11 is 0. The Morgan fingerprint density at radius 1 is 1.27 bits per heavy atom. The van der Waals surface area contributed by atoms with Gasteiger partial charge in [0.1, 0.15) is 17.5 Å². The van der Waals surface area contributed by atoms with Gasteiger partial charge in [0.25, 0.3) is 0 Å². The highest BCUT2D eigenvalue weighted by Crippen LogP contribution is 2.26. The Morgan fingerprint density at radius 3 is 2.62 bits per heavy atom. The van der Waals surface area contributed by atoms with E-state index in [0.29, 0.717) is 36.9 Å². The number of halogens is 1. The van der Waals surface area contributed by atoms with E-state index in [0.717, 1.165) is 0 Å². The van der Waals surface area contributed by atoms with Crippen molar-refractivity contribution in [2.24, 2.45) is 0 Å². The molecule has 7 nitrogen and oxygen atoms in total. The fourth-order valence-corrected chi connectivity index (χ4v) is 2.72. The molecule has 1 amide bonds. The lowest BCUT2D eigenvalue weighted by atomic mass is 10.1. The fourth-order valence-electron chi connectivity index (χ4n) is 2.72. The number of rotatable bonds is 2. The molecule has 1 unspecified atom stereocenters. The predicted molar refractivity (Wildman–Crippen MR) is 92.9 cm³/mol. The molecule has 1 atom stereocenters. The summed E-state index contributed by atoms with van der Waals surface area (Å²) < 4.78 is 23.9. The lowest BCUT2D eigenvalue weighted by Gasteiger charge is -2.38. The molecule has 0 spiro atoms. The Balaban J connectivity index is 1.75. The van der Waals surface area contributed by atoms with Crippen LogP contribution in [0.15, 0.2) is 28.8 Å². The molecule has 8 heteroatoms. The van der Waals surface area contributed by atoms with Crippen LogP contribution in [0.4, 0.5) is 9.18 Å². The van der Waals surface area contributed by atoms with Crippen LogP contribution in [-0.4, -0.2) is 58.3 Å². The second-order valence-electron chi connectivity index (χ2n) is 7.39. The summed E-state index contributed by atoms with van der Waals surface area (Å²) in [5.41, 5.74) is 0.125. The molecule has 1 aliphatic heterocycles. The van der Waals surface area contributed by atoms with Gasteiger partial charge in [-0.1, -0.05) is 5.16 Å². The van der Waals surface area contributed by atoms with Crippen molar-refractivity contribution < 1.29 is 18.4 Å². The van der Waals surface area contributed by atoms with Crippen molar-refractivity contribution in [1.82, 2.24) is 19.9 Å². The van der Waals surface area contributed by atoms with Gasteiger partial charge in [-0.25, -0.2) is 9.18 Å². The molecule has 26 heavy (non-hydrogen) atoms. The highest BCUT2D eigenvalue weighted by atomic mass is 19.1. The second kappa shape index (κ2) is 7.03. The standard InChI is InChI=1S/C18H23FN4O3/c1-18(2,3)25-17(24)23-10-9-22(4)14(11-23)16-20-15(21-26-16)12-5-7-13(19)8-6-12/h5-8,14H,9-11H2,1-4H3. The smallest absolute Gasteiger partial charge is 0.410 e. The summed E-state index contributed by atoms with van der Waals surface area (Å²) in [6, 6.07) is 5.67. The van der Waals surface area contributed by atoms with Gasteiger partial charge < -0.3 is 14.2 Å². The van der Waals surface area contributed by atoms with Crippen LogP contribution in [0, 0.1) is 5.82 Å². The predicted octanol–water partition coefficient (Wildman–Crippen LogP) is 3.10. The zero-order valence-corrected chi connectivity index (χ0v) is 15.4. The minimum absolute atomic E-state index is 0.224. The first-order valence-corrected chi connectivity index (χ1v) is 8.50. The minimum Gasteiger partial charge on any atom is -0.444 e. The molecule has 2 aromatic rings. The highest BCUT2D eigenvalue weighted by Gasteiger charge is 2.34. The topological polar surface area (TPSA) is 71.7 Å². The van der Waals surface area contributed by atoms with Crippen LogP contribution >= 0.6 is 0 Å². The molecule has 1 aromatic carbocycles. The molecule has 1 saturated heterocycles. The van der Waals surface area contributed by atoms with Gasteiger partial charge in [-0.2, -0.15) is 4.98 Å². The van der Waals surface area contributed by atoms with E-state index < -0.39 is 5.60 Å². The normalized spacial score (nSPS) is 18.8. The van der Waals surface area contributed by atoms with E-state index in [1.165, 1.54) is 12.1 Å². The lowest BCUT2D eigenvalue weighted by Crippen LogP contribution is -2.50. The summed E-state index contributed by atoms with van der Waals surface area (Å²) in [5.74, 6) is 0.486. The maximum atomic E-state index is 13.1. The third kappa shape index (κ3) is 4.19. The summed E-state index contributed by atoms with van der Waals surface area (Å²) in [5, 5.41) is 3.99. The van der Waals surface area contributed by atoms with Gasteiger partial charge in [0.15, 0.2) is 0 Å². The van der Waals surface area contributed by atoms with Crippen LogP contribution in [0.3, 0.4) is 0 Å². The average molecular weight is 362 g/mol. The Kier molecular flexibility index (Phi) is 4.95. The molecule has 0 N–H and O–H groups in total. The molecule has 0 radical (unpaired) electrons. The summed E-state index contributed by atoms with van der Waals surface area (Å²) in [7, 11) is 1.94. The van der Waals surface area contributed by atoms with Crippen LogP contribution in [0.1, 0.15) is 32.7 Å². The largest absolute Gasteiger partial charge is 0.444 e. The third-order valence-corrected chi connectivity index (χ3v) is 4.13. The zero-order chi connectivity index (χ0) is 18.9. The number of benzene rings is 1. The molecule has 1 aromatic heterocycles. The summed E-state index contributed by atoms with van der Waals surface area (Å²) in [6.45, 7) is 7.15. The maximum Gasteiger partial charge on any atom is 0.410 e. The van der Waals surface area contributed by atoms with Gasteiger partial charge in [0.2, 0.25) is 11.7 Å². The number of hydrogen-bond acceptors (Lipinski definition) is 6. The zero-order valence-electron chi connectivity index (χ0n) is 15.4. The number of likely N-dealkylation sites (N-methyl/N-ethyl adjacent to an activating group) is 1. The number of aromatic nitrogens is 2. The maximum absolute atomic E-state index is 13.1. The van der Waals surface area contributed by atoms with Crippen molar-refractivity contribution in [2.75, 3.05) is 26.7 Å². The number of nitrogens with zero attached hydrogens (tertiary/aromatic N) is 4. The number of carbonyl (C=O) groups is 1. The molecule has 1 aliphatic rings. The molecule has 0 aliphatic carbocycles. The van der Waals surface area contributed by atoms with E-state index >= 15 is 0 Å². The SMILES string of the molecule is CN1CCN(C(=O)OC(C)(C)C)CC1c1nc(-c2ccc(F)cc2)no1. The first kappa shape index (κ1) is 18.3. The van der Waals surface area contributed by atoms with Gasteiger partial charge >= 0.3 is 6.09 Å². The quantitative estimate of drug-likeness (QED) is 0.817. The first-order valence-electron chi connectivity index (χ1n) is 8.50. The highest BCUT2D eigenvalue weighted by molar-refractivity contribution is 5.68. The molecule has 0 bridgehead atoms. The van der Waals surface area contributed by atoms with Crippen molar-refractivity contribution in [1.29, 1.82) is 0 Å². The van der Waals surface area contributed by atoms with Crippen molar-refractivity contribution in [2.45, 2.75) is 32.4 Å². The Labute approximate surface area is 151 Å². The Hall–Kier alpha value is -2.48. The number of ether oxygens (including phenoxy) is 1. The third-order valence-electron chi connectivity index (χ3n) is 4.13. The van der Waals surface area contributed by atoms with Gasteiger partial charge in [0.05, 0.1) is 0 Å². The van der Waals surface area contributed by atoms with Gasteiger partial charge in [-0.05, 0) is 52.1 Å². The summed E-state index contributed by atoms with van der Waals surface area (Å²) in [6.07, 6.45) is -0.353. The first-order chi connectivity index (χ1) is 12.2. The van der Waals surface area contributed by atoms with E-state index in [2.05, 4.69) is 15.0 Å². The van der Waals surface area contributed by atoms with Crippen molar-refractivity contribution >= 4 is 6.09 Å². The number of amides is 1. The van der Waals surface area contributed by atoms with Crippen molar-refractivity contribution in [3.63, 3.8) is 0 Å². The van der Waals surface area contributed by atoms with Gasteiger partial charge in [-0.3, -0.25) is 4.90 Å². The van der Waals surface area contributed by atoms with E-state index in [1.54, 1.807) is 17.0 Å². The second-order valence-corrected chi connectivity index (χ2v) is 7.39. The van der Waals surface area contributed by atoms with Crippen LogP contribution in [-0.2, 0) is 4.74 Å². The van der Waals surface area contributed by atoms with Crippen LogP contribution in [0.5, 0.6) is 0 Å². The molecule has 140 valence electrons. The van der Waals surface area contributed by atoms with Crippen LogP contribution < -0.4 is 0 Å². The van der Waals surface area contributed by atoms with Crippen molar-refractivity contribution in [3.05, 3.63) is 36.0 Å². The van der Waals surface area contributed by atoms with Gasteiger partial charge in [0, 0.05) is 25.2 Å². The Bertz CT molecular complexity index is 769. The monoisotopic (exact) mass is 362 g/mol. The minimum atomic E-state index is -0.545. The Morgan fingerprint density at radius 2 is 1.96 bits per heavy atom. The van der Waals surface area contributed by atoms with E-state index in [-0.39, 0.29) is 18.0 Å². The number of hydrogen-bond donors (Lipinski definition) is 0. The van der Waals surface area contributed by atoms with Crippen LogP contribution in [0.2, 0.25) is 0 Å². The molecule has 2 heterocycles. The van der Waals surface area contributed by atoms with E-state index in [1.807, 2.05) is 27.8 Å². The van der Waals surface area contributed by atoms with Crippen LogP contribution in [0.25, 0.3) is 11.4 Å². The fraction of sp³-hybridized carbons (Fsp3) is 0.500. The average Bonchev–Trinajstić information content (AvgIpc) is 3.04. The lowest BCUT2D eigenvalue weighted by molar-refractivity contribution is 0.00409. The van der Waals surface area contributed by atoms with E-state index in [4.69, 9.17) is 9.26 Å². The number of piperazine rings is 1. The molecular weight excluding hydrogens is 339 g/mol. The molecular formula is C18H23FN4O3. The molecule has 3 rings (SSSR count). The van der Waals surface area contributed by atoms with Crippen molar-refractivity contribution in [3.8, 4) is 11.4 Å². The molecule has 0 saturated carbocycles. The molecule has 1 fully saturated rings. The number of carbonyl (C=O) groups excluding carboxylic acids is 1. The summed E-state index contributed by atoms with van der Waals surface area (Å²) in [4.78, 5) is 20.5.